The third-order valence-corrected chi connectivity index (χ3v) is 5.97. The predicted octanol–water partition coefficient (Wildman–Crippen LogP) is 3.06. The Hall–Kier alpha value is -3.58. The van der Waals surface area contributed by atoms with E-state index in [1.165, 1.54) is 4.90 Å². The molecule has 1 amide bonds. The van der Waals surface area contributed by atoms with Crippen molar-refractivity contribution < 1.29 is 24.0 Å². The van der Waals surface area contributed by atoms with Gasteiger partial charge in [0.15, 0.2) is 0 Å². The van der Waals surface area contributed by atoms with Gasteiger partial charge in [-0.2, -0.15) is 0 Å². The summed E-state index contributed by atoms with van der Waals surface area (Å²) in [6.45, 7) is 3.58. The molecule has 1 fully saturated rings. The highest BCUT2D eigenvalue weighted by atomic mass is 35.5. The van der Waals surface area contributed by atoms with E-state index in [1.807, 2.05) is 30.2 Å². The summed E-state index contributed by atoms with van der Waals surface area (Å²) in [6, 6.07) is 12.8. The van der Waals surface area contributed by atoms with Gasteiger partial charge in [-0.3, -0.25) is 14.6 Å². The molecule has 3 aromatic rings. The van der Waals surface area contributed by atoms with Crippen molar-refractivity contribution in [3.05, 3.63) is 89.0 Å². The highest BCUT2D eigenvalue weighted by molar-refractivity contribution is 6.46. The lowest BCUT2D eigenvalue weighted by Crippen LogP contribution is -2.36. The molecule has 2 aromatic carbocycles. The second-order valence-electron chi connectivity index (χ2n) is 8.10. The first-order chi connectivity index (χ1) is 16.5. The first-order valence-electron chi connectivity index (χ1n) is 11.3. The summed E-state index contributed by atoms with van der Waals surface area (Å²) in [5.41, 5.74) is 0.969. The molecule has 1 atom stereocenters. The molecule has 1 unspecified atom stereocenters. The molecule has 34 heavy (non-hydrogen) atoms. The molecule has 8 heteroatoms. The van der Waals surface area contributed by atoms with E-state index in [9.17, 15) is 14.7 Å². The third-order valence-electron chi connectivity index (χ3n) is 5.72. The lowest BCUT2D eigenvalue weighted by atomic mass is 9.95. The van der Waals surface area contributed by atoms with Crippen LogP contribution in [-0.2, 0) is 16.1 Å². The number of carbonyl (C=O) groups excluding carboxylic acids is 2. The van der Waals surface area contributed by atoms with Gasteiger partial charge in [-0.25, -0.2) is 4.57 Å². The number of nitrogens with zero attached hydrogens (tertiary/aromatic N) is 2. The minimum Gasteiger partial charge on any atom is -0.872 e. The van der Waals surface area contributed by atoms with Crippen LogP contribution in [0.25, 0.3) is 5.76 Å². The van der Waals surface area contributed by atoms with Gasteiger partial charge in [0.25, 0.3) is 5.91 Å². The van der Waals surface area contributed by atoms with Crippen molar-refractivity contribution in [2.75, 3.05) is 13.2 Å². The van der Waals surface area contributed by atoms with Crippen LogP contribution in [0, 0.1) is 0 Å². The number of nitrogens with one attached hydrogen (secondary N) is 1. The van der Waals surface area contributed by atoms with Gasteiger partial charge < -0.3 is 14.7 Å². The topological polar surface area (TPSA) is 89.3 Å². The zero-order valence-corrected chi connectivity index (χ0v) is 19.6. The highest BCUT2D eigenvalue weighted by Crippen LogP contribution is 2.39. The molecule has 0 spiro atoms. The molecule has 176 valence electrons. The fraction of sp³-hybridized carbons (Fsp3) is 0.269. The summed E-state index contributed by atoms with van der Waals surface area (Å²) in [5, 5.41) is 14.0. The number of halogens is 1. The smallest absolute Gasteiger partial charge is 0.295 e. The van der Waals surface area contributed by atoms with Gasteiger partial charge in [-0.05, 0) is 41.8 Å². The van der Waals surface area contributed by atoms with Crippen LogP contribution in [0.1, 0.15) is 36.9 Å². The van der Waals surface area contributed by atoms with E-state index < -0.39 is 23.5 Å². The predicted molar refractivity (Wildman–Crippen MR) is 126 cm³/mol. The maximum atomic E-state index is 13.5. The molecule has 4 rings (SSSR count). The fourth-order valence-electron chi connectivity index (χ4n) is 4.05. The van der Waals surface area contributed by atoms with E-state index in [1.54, 1.807) is 48.5 Å². The summed E-state index contributed by atoms with van der Waals surface area (Å²) in [7, 11) is 0. The summed E-state index contributed by atoms with van der Waals surface area (Å²) < 4.78 is 7.54. The Kier molecular flexibility index (Phi) is 7.33. The zero-order chi connectivity index (χ0) is 24.1. The van der Waals surface area contributed by atoms with Crippen molar-refractivity contribution in [3.63, 3.8) is 0 Å². The Bertz CT molecular complexity index is 1170. The minimum absolute atomic E-state index is 0.0381. The van der Waals surface area contributed by atoms with E-state index in [2.05, 4.69) is 4.98 Å². The molecule has 1 saturated heterocycles. The maximum absolute atomic E-state index is 13.5. The van der Waals surface area contributed by atoms with Crippen LogP contribution >= 0.6 is 11.6 Å². The molecule has 1 aliphatic rings. The first-order valence-corrected chi connectivity index (χ1v) is 11.6. The number of hydrogen-bond acceptors (Lipinski definition) is 4. The molecule has 0 saturated carbocycles. The number of Topliss-reactive ketones (excluding diaryl/α,β-unsaturated/α-hetero) is 1. The molecule has 0 radical (unpaired) electrons. The van der Waals surface area contributed by atoms with Crippen LogP contribution in [0.15, 0.2) is 72.8 Å². The first kappa shape index (κ1) is 23.6. The van der Waals surface area contributed by atoms with Crippen molar-refractivity contribution in [3.8, 4) is 5.75 Å². The van der Waals surface area contributed by atoms with Crippen molar-refractivity contribution in [1.29, 1.82) is 0 Å². The van der Waals surface area contributed by atoms with Crippen molar-refractivity contribution >= 4 is 29.1 Å². The van der Waals surface area contributed by atoms with Crippen LogP contribution in [0.2, 0.25) is 5.02 Å². The van der Waals surface area contributed by atoms with E-state index in [0.29, 0.717) is 48.0 Å². The molecule has 7 nitrogen and oxygen atoms in total. The largest absolute Gasteiger partial charge is 0.872 e. The minimum atomic E-state index is -0.767. The van der Waals surface area contributed by atoms with E-state index in [4.69, 9.17) is 16.3 Å². The molecular weight excluding hydrogens is 454 g/mol. The van der Waals surface area contributed by atoms with Gasteiger partial charge in [0.05, 0.1) is 19.2 Å². The number of ether oxygens (including phenoxy) is 1. The molecule has 0 aliphatic carbocycles. The Morgan fingerprint density at radius 1 is 1.15 bits per heavy atom. The number of H-pyrrole nitrogens is 1. The monoisotopic (exact) mass is 479 g/mol. The highest BCUT2D eigenvalue weighted by Gasteiger charge is 2.43. The molecule has 1 aliphatic heterocycles. The third kappa shape index (κ3) is 4.99. The summed E-state index contributed by atoms with van der Waals surface area (Å²) in [6.07, 6.45) is 7.02. The van der Waals surface area contributed by atoms with Crippen LogP contribution < -0.4 is 14.4 Å². The fourth-order valence-corrected chi connectivity index (χ4v) is 4.18. The van der Waals surface area contributed by atoms with Crippen molar-refractivity contribution in [2.45, 2.75) is 32.4 Å². The average molecular weight is 480 g/mol. The molecule has 1 N–H and O–H groups in total. The van der Waals surface area contributed by atoms with Crippen molar-refractivity contribution in [1.82, 2.24) is 9.88 Å². The number of carbonyl (C=O) groups is 2. The quantitative estimate of drug-likeness (QED) is 0.221. The number of imidazole rings is 1. The standard InChI is InChI=1S/C26H26ClN3O4/c1-2-16-34-21-10-6-19(7-11-21)24(31)22-23(18-4-8-20(27)9-5-18)30(26(33)25(22)32)14-3-13-29-15-12-28-17-29/h4-12,15,17,23H,2-3,13-14,16H2,1H3,(H,31,32). The van der Waals surface area contributed by atoms with Crippen LogP contribution in [-0.4, -0.2) is 34.7 Å². The average Bonchev–Trinajstić information content (AvgIpc) is 3.45. The van der Waals surface area contributed by atoms with Crippen LogP contribution in [0.3, 0.4) is 0 Å². The molecular formula is C26H26ClN3O4. The van der Waals surface area contributed by atoms with Gasteiger partial charge in [-0.1, -0.05) is 48.5 Å². The summed E-state index contributed by atoms with van der Waals surface area (Å²) in [5.74, 6) is -1.23. The van der Waals surface area contributed by atoms with Crippen LogP contribution in [0.4, 0.5) is 0 Å². The number of aromatic amines is 1. The Labute approximate surface area is 203 Å². The lowest BCUT2D eigenvalue weighted by Gasteiger charge is -2.27. The van der Waals surface area contributed by atoms with Gasteiger partial charge in [-0.15, -0.1) is 0 Å². The normalized spacial score (nSPS) is 17.4. The number of aryl methyl sites for hydroxylation is 1. The number of aromatic nitrogens is 2. The Morgan fingerprint density at radius 3 is 2.53 bits per heavy atom. The number of benzene rings is 2. The van der Waals surface area contributed by atoms with Gasteiger partial charge in [0.1, 0.15) is 18.1 Å². The second-order valence-corrected chi connectivity index (χ2v) is 8.54. The molecule has 1 aromatic heterocycles. The SMILES string of the molecule is CCCOc1ccc(/C([O-])=C2\C(=O)C(=O)N(CCC[n+]3cc[nH]c3)C2c2ccc(Cl)cc2)cc1. The summed E-state index contributed by atoms with van der Waals surface area (Å²) >= 11 is 6.06. The van der Waals surface area contributed by atoms with E-state index in [-0.39, 0.29) is 5.57 Å². The molecule has 2 heterocycles. The zero-order valence-electron chi connectivity index (χ0n) is 18.9. The lowest BCUT2D eigenvalue weighted by molar-refractivity contribution is -0.695. The number of rotatable bonds is 9. The number of amides is 1. The van der Waals surface area contributed by atoms with Crippen molar-refractivity contribution in [2.24, 2.45) is 0 Å². The second kappa shape index (κ2) is 10.6. The number of hydrogen-bond donors (Lipinski definition) is 1. The maximum Gasteiger partial charge on any atom is 0.295 e. The Balaban J connectivity index is 1.67. The number of ketones is 1. The van der Waals surface area contributed by atoms with E-state index in [0.717, 1.165) is 6.42 Å². The number of likely N-dealkylation sites (tertiary alicyclic amines) is 1. The molecule has 0 bridgehead atoms. The van der Waals surface area contributed by atoms with Gasteiger partial charge >= 0.3 is 0 Å². The van der Waals surface area contributed by atoms with Crippen LogP contribution in [0.5, 0.6) is 5.75 Å². The van der Waals surface area contributed by atoms with Gasteiger partial charge in [0.2, 0.25) is 12.1 Å². The van der Waals surface area contributed by atoms with E-state index >= 15 is 0 Å². The van der Waals surface area contributed by atoms with Gasteiger partial charge in [0, 0.05) is 23.6 Å². The summed E-state index contributed by atoms with van der Waals surface area (Å²) in [4.78, 5) is 30.6. The Morgan fingerprint density at radius 2 is 1.88 bits per heavy atom.